The molecule has 0 saturated heterocycles. The summed E-state index contributed by atoms with van der Waals surface area (Å²) in [5.41, 5.74) is 6.67. The lowest BCUT2D eigenvalue weighted by molar-refractivity contribution is -0.118. The fraction of sp³-hybridized carbons (Fsp3) is 0.333. The smallest absolute Gasteiger partial charge is 0.252 e. The number of halogens is 1. The zero-order valence-electron chi connectivity index (χ0n) is 9.79. The molecule has 2 amide bonds. The summed E-state index contributed by atoms with van der Waals surface area (Å²) in [6, 6.07) is 5.20. The van der Waals surface area contributed by atoms with Crippen LogP contribution < -0.4 is 11.1 Å². The Bertz CT molecular complexity index is 446. The van der Waals surface area contributed by atoms with Crippen LogP contribution in [0.5, 0.6) is 0 Å². The highest BCUT2D eigenvalue weighted by atomic mass is 79.9. The standard InChI is InChI=1S/C12H15BrN2O2/c1-7-3-4-9(10(13)5-7)12(17)15-8(2)6-11(14)16/h3-5,8H,6H2,1-2H3,(H2,14,16)(H,15,17). The molecule has 1 aromatic rings. The van der Waals surface area contributed by atoms with Gasteiger partial charge in [0, 0.05) is 16.9 Å². The van der Waals surface area contributed by atoms with E-state index in [4.69, 9.17) is 5.73 Å². The summed E-state index contributed by atoms with van der Waals surface area (Å²) in [6.45, 7) is 3.69. The van der Waals surface area contributed by atoms with E-state index in [2.05, 4.69) is 21.2 Å². The number of nitrogens with one attached hydrogen (secondary N) is 1. The van der Waals surface area contributed by atoms with E-state index in [0.29, 0.717) is 5.56 Å². The third-order valence-electron chi connectivity index (χ3n) is 2.25. The number of hydrogen-bond donors (Lipinski definition) is 2. The topological polar surface area (TPSA) is 72.2 Å². The molecule has 92 valence electrons. The molecule has 0 heterocycles. The molecule has 0 bridgehead atoms. The van der Waals surface area contributed by atoms with Gasteiger partial charge in [-0.25, -0.2) is 0 Å². The van der Waals surface area contributed by atoms with Gasteiger partial charge in [-0.2, -0.15) is 0 Å². The second-order valence-corrected chi connectivity index (χ2v) is 4.88. The first-order valence-corrected chi connectivity index (χ1v) is 6.04. The van der Waals surface area contributed by atoms with Crippen LogP contribution in [-0.4, -0.2) is 17.9 Å². The van der Waals surface area contributed by atoms with Gasteiger partial charge < -0.3 is 11.1 Å². The van der Waals surface area contributed by atoms with Crippen molar-refractivity contribution in [2.45, 2.75) is 26.3 Å². The number of amides is 2. The highest BCUT2D eigenvalue weighted by molar-refractivity contribution is 9.10. The number of carbonyl (C=O) groups excluding carboxylic acids is 2. The fourth-order valence-electron chi connectivity index (χ4n) is 1.46. The van der Waals surface area contributed by atoms with Crippen LogP contribution in [0.15, 0.2) is 22.7 Å². The molecule has 1 aromatic carbocycles. The Balaban J connectivity index is 2.73. The van der Waals surface area contributed by atoms with E-state index in [9.17, 15) is 9.59 Å². The van der Waals surface area contributed by atoms with Gasteiger partial charge in [0.25, 0.3) is 5.91 Å². The number of aryl methyl sites for hydroxylation is 1. The van der Waals surface area contributed by atoms with Crippen LogP contribution in [0.2, 0.25) is 0 Å². The van der Waals surface area contributed by atoms with Crippen LogP contribution in [-0.2, 0) is 4.79 Å². The van der Waals surface area contributed by atoms with E-state index in [-0.39, 0.29) is 18.4 Å². The summed E-state index contributed by atoms with van der Waals surface area (Å²) < 4.78 is 0.737. The molecule has 0 spiro atoms. The van der Waals surface area contributed by atoms with E-state index in [0.717, 1.165) is 10.0 Å². The Labute approximate surface area is 109 Å². The fourth-order valence-corrected chi connectivity index (χ4v) is 2.13. The minimum Gasteiger partial charge on any atom is -0.370 e. The van der Waals surface area contributed by atoms with Gasteiger partial charge >= 0.3 is 0 Å². The van der Waals surface area contributed by atoms with Crippen LogP contribution in [0.4, 0.5) is 0 Å². The molecule has 0 aliphatic heterocycles. The van der Waals surface area contributed by atoms with E-state index >= 15 is 0 Å². The van der Waals surface area contributed by atoms with Crippen molar-refractivity contribution < 1.29 is 9.59 Å². The summed E-state index contributed by atoms with van der Waals surface area (Å²) in [5, 5.41) is 2.72. The van der Waals surface area contributed by atoms with Crippen molar-refractivity contribution in [3.05, 3.63) is 33.8 Å². The van der Waals surface area contributed by atoms with Gasteiger partial charge in [-0.1, -0.05) is 6.07 Å². The third kappa shape index (κ3) is 4.19. The molecule has 0 fully saturated rings. The van der Waals surface area contributed by atoms with Gasteiger partial charge in [0.05, 0.1) is 5.56 Å². The summed E-state index contributed by atoms with van der Waals surface area (Å²) in [7, 11) is 0. The number of nitrogens with two attached hydrogens (primary N) is 1. The zero-order valence-corrected chi connectivity index (χ0v) is 11.4. The number of benzene rings is 1. The van der Waals surface area contributed by atoms with Crippen molar-refractivity contribution in [1.82, 2.24) is 5.32 Å². The molecule has 1 rings (SSSR count). The van der Waals surface area contributed by atoms with E-state index in [1.807, 2.05) is 19.1 Å². The lowest BCUT2D eigenvalue weighted by Crippen LogP contribution is -2.35. The first-order valence-electron chi connectivity index (χ1n) is 5.25. The van der Waals surface area contributed by atoms with E-state index in [1.165, 1.54) is 0 Å². The minimum atomic E-state index is -0.430. The average Bonchev–Trinajstić information content (AvgIpc) is 2.15. The van der Waals surface area contributed by atoms with Gasteiger partial charge in [-0.15, -0.1) is 0 Å². The molecule has 4 nitrogen and oxygen atoms in total. The Kier molecular flexibility index (Phi) is 4.69. The summed E-state index contributed by atoms with van der Waals surface area (Å²) >= 11 is 3.34. The molecule has 17 heavy (non-hydrogen) atoms. The van der Waals surface area contributed by atoms with Crippen LogP contribution in [0.3, 0.4) is 0 Å². The van der Waals surface area contributed by atoms with Gasteiger partial charge in [0.1, 0.15) is 0 Å². The van der Waals surface area contributed by atoms with Crippen LogP contribution in [0.1, 0.15) is 29.3 Å². The van der Waals surface area contributed by atoms with Crippen molar-refractivity contribution >= 4 is 27.7 Å². The van der Waals surface area contributed by atoms with Gasteiger partial charge in [-0.05, 0) is 47.5 Å². The van der Waals surface area contributed by atoms with E-state index in [1.54, 1.807) is 13.0 Å². The molecular weight excluding hydrogens is 284 g/mol. The molecule has 0 aromatic heterocycles. The molecule has 0 aliphatic rings. The normalized spacial score (nSPS) is 11.9. The van der Waals surface area contributed by atoms with Gasteiger partial charge in [-0.3, -0.25) is 9.59 Å². The van der Waals surface area contributed by atoms with Crippen LogP contribution in [0.25, 0.3) is 0 Å². The maximum atomic E-state index is 11.9. The Morgan fingerprint density at radius 2 is 2.12 bits per heavy atom. The van der Waals surface area contributed by atoms with Crippen molar-refractivity contribution in [2.24, 2.45) is 5.73 Å². The van der Waals surface area contributed by atoms with Crippen molar-refractivity contribution in [1.29, 1.82) is 0 Å². The quantitative estimate of drug-likeness (QED) is 0.889. The molecule has 3 N–H and O–H groups in total. The second-order valence-electron chi connectivity index (χ2n) is 4.03. The SMILES string of the molecule is Cc1ccc(C(=O)NC(C)CC(N)=O)c(Br)c1. The molecule has 0 saturated carbocycles. The predicted octanol–water partition coefficient (Wildman–Crippen LogP) is 1.75. The lowest BCUT2D eigenvalue weighted by Gasteiger charge is -2.13. The first-order chi connectivity index (χ1) is 7.90. The second kappa shape index (κ2) is 5.82. The first kappa shape index (κ1) is 13.7. The number of carbonyl (C=O) groups is 2. The molecule has 1 atom stereocenters. The Hall–Kier alpha value is -1.36. The molecular formula is C12H15BrN2O2. The Morgan fingerprint density at radius 1 is 1.47 bits per heavy atom. The summed E-state index contributed by atoms with van der Waals surface area (Å²) in [6.07, 6.45) is 0.134. The van der Waals surface area contributed by atoms with Crippen molar-refractivity contribution in [3.63, 3.8) is 0 Å². The Morgan fingerprint density at radius 3 is 2.65 bits per heavy atom. The summed E-state index contributed by atoms with van der Waals surface area (Å²) in [4.78, 5) is 22.6. The molecule has 0 radical (unpaired) electrons. The molecule has 0 aliphatic carbocycles. The predicted molar refractivity (Wildman–Crippen MR) is 69.6 cm³/mol. The minimum absolute atomic E-state index is 0.134. The van der Waals surface area contributed by atoms with Gasteiger partial charge in [0.2, 0.25) is 5.91 Å². The molecule has 1 unspecified atom stereocenters. The summed E-state index contributed by atoms with van der Waals surface area (Å²) in [5.74, 6) is -0.647. The van der Waals surface area contributed by atoms with Crippen LogP contribution in [0, 0.1) is 6.92 Å². The highest BCUT2D eigenvalue weighted by Gasteiger charge is 2.13. The monoisotopic (exact) mass is 298 g/mol. The number of primary amides is 1. The zero-order chi connectivity index (χ0) is 13.0. The van der Waals surface area contributed by atoms with Crippen molar-refractivity contribution in [2.75, 3.05) is 0 Å². The third-order valence-corrected chi connectivity index (χ3v) is 2.91. The number of hydrogen-bond acceptors (Lipinski definition) is 2. The maximum Gasteiger partial charge on any atom is 0.252 e. The largest absolute Gasteiger partial charge is 0.370 e. The maximum absolute atomic E-state index is 11.9. The van der Waals surface area contributed by atoms with Crippen LogP contribution >= 0.6 is 15.9 Å². The highest BCUT2D eigenvalue weighted by Crippen LogP contribution is 2.18. The number of rotatable bonds is 4. The molecule has 5 heteroatoms. The van der Waals surface area contributed by atoms with E-state index < -0.39 is 5.91 Å². The average molecular weight is 299 g/mol. The van der Waals surface area contributed by atoms with Crippen molar-refractivity contribution in [3.8, 4) is 0 Å². The van der Waals surface area contributed by atoms with Gasteiger partial charge in [0.15, 0.2) is 0 Å². The lowest BCUT2D eigenvalue weighted by atomic mass is 10.1.